The zero-order valence-corrected chi connectivity index (χ0v) is 9.05. The topological polar surface area (TPSA) is 20.2 Å². The highest BCUT2D eigenvalue weighted by Gasteiger charge is 2.18. The third-order valence-electron chi connectivity index (χ3n) is 2.66. The summed E-state index contributed by atoms with van der Waals surface area (Å²) in [5.74, 6) is 0. The number of aliphatic hydroxyl groups excluding tert-OH is 1. The standard InChI is InChI=1S/C10H20OSi/c1-2-3-8-12-10-6-4-9(11)5-7-10/h9-11H,2-8H2,1H3. The van der Waals surface area contributed by atoms with E-state index in [2.05, 4.69) is 6.92 Å². The van der Waals surface area contributed by atoms with Gasteiger partial charge in [0.05, 0.1) is 6.10 Å². The van der Waals surface area contributed by atoms with Crippen LogP contribution in [-0.2, 0) is 0 Å². The van der Waals surface area contributed by atoms with Crippen LogP contribution in [-0.4, -0.2) is 20.7 Å². The molecule has 2 radical (unpaired) electrons. The van der Waals surface area contributed by atoms with Gasteiger partial charge in [0.2, 0.25) is 0 Å². The first kappa shape index (κ1) is 10.3. The van der Waals surface area contributed by atoms with Crippen LogP contribution in [0.1, 0.15) is 45.4 Å². The lowest BCUT2D eigenvalue weighted by Gasteiger charge is -2.24. The van der Waals surface area contributed by atoms with Gasteiger partial charge >= 0.3 is 0 Å². The van der Waals surface area contributed by atoms with Gasteiger partial charge < -0.3 is 5.11 Å². The Hall–Kier alpha value is 0.177. The number of hydrogen-bond acceptors (Lipinski definition) is 1. The maximum atomic E-state index is 9.30. The molecule has 0 bridgehead atoms. The lowest BCUT2D eigenvalue weighted by atomic mass is 9.97. The van der Waals surface area contributed by atoms with E-state index in [0.29, 0.717) is 0 Å². The first-order valence-corrected chi connectivity index (χ1v) is 6.52. The van der Waals surface area contributed by atoms with E-state index in [1.807, 2.05) is 0 Å². The molecule has 1 fully saturated rings. The monoisotopic (exact) mass is 184 g/mol. The van der Waals surface area contributed by atoms with Crippen LogP contribution in [0.15, 0.2) is 0 Å². The van der Waals surface area contributed by atoms with Crippen molar-refractivity contribution in [3.8, 4) is 0 Å². The van der Waals surface area contributed by atoms with Crippen molar-refractivity contribution in [2.45, 2.75) is 63.1 Å². The van der Waals surface area contributed by atoms with Gasteiger partial charge in [0.1, 0.15) is 0 Å². The summed E-state index contributed by atoms with van der Waals surface area (Å²) in [5, 5.41) is 9.30. The third-order valence-corrected chi connectivity index (χ3v) is 4.46. The fourth-order valence-electron chi connectivity index (χ4n) is 1.76. The summed E-state index contributed by atoms with van der Waals surface area (Å²) in [4.78, 5) is 0. The maximum absolute atomic E-state index is 9.30. The molecule has 0 saturated heterocycles. The molecular weight excluding hydrogens is 164 g/mol. The van der Waals surface area contributed by atoms with Gasteiger partial charge in [-0.1, -0.05) is 38.7 Å². The molecule has 0 aromatic heterocycles. The molecule has 0 amide bonds. The first-order chi connectivity index (χ1) is 5.83. The molecule has 1 N–H and O–H groups in total. The van der Waals surface area contributed by atoms with Crippen LogP contribution in [0.5, 0.6) is 0 Å². The van der Waals surface area contributed by atoms with Gasteiger partial charge in [-0.05, 0) is 18.4 Å². The van der Waals surface area contributed by atoms with Gasteiger partial charge in [-0.25, -0.2) is 0 Å². The van der Waals surface area contributed by atoms with E-state index < -0.39 is 0 Å². The summed E-state index contributed by atoms with van der Waals surface area (Å²) in [6, 6.07) is 1.43. The second kappa shape index (κ2) is 5.76. The second-order valence-electron chi connectivity index (χ2n) is 3.81. The smallest absolute Gasteiger partial charge is 0.0540 e. The minimum absolute atomic E-state index is 0.0252. The first-order valence-electron chi connectivity index (χ1n) is 5.24. The minimum Gasteiger partial charge on any atom is -0.393 e. The van der Waals surface area contributed by atoms with Crippen LogP contribution in [0.4, 0.5) is 0 Å². The van der Waals surface area contributed by atoms with Crippen molar-refractivity contribution in [2.24, 2.45) is 0 Å². The van der Waals surface area contributed by atoms with Crippen LogP contribution in [0.3, 0.4) is 0 Å². The Balaban J connectivity index is 2.01. The second-order valence-corrected chi connectivity index (χ2v) is 5.54. The Labute approximate surface area is 78.4 Å². The van der Waals surface area contributed by atoms with Gasteiger partial charge in [0, 0.05) is 9.52 Å². The molecule has 0 heterocycles. The normalized spacial score (nSPS) is 30.5. The number of hydrogen-bond donors (Lipinski definition) is 1. The van der Waals surface area contributed by atoms with Crippen LogP contribution in [0.25, 0.3) is 0 Å². The fourth-order valence-corrected chi connectivity index (χ4v) is 3.47. The van der Waals surface area contributed by atoms with Gasteiger partial charge in [-0.2, -0.15) is 0 Å². The molecule has 0 aliphatic heterocycles. The molecule has 12 heavy (non-hydrogen) atoms. The Morgan fingerprint density at radius 2 is 1.92 bits per heavy atom. The average molecular weight is 184 g/mol. The number of aliphatic hydroxyl groups is 1. The van der Waals surface area contributed by atoms with Crippen LogP contribution < -0.4 is 0 Å². The lowest BCUT2D eigenvalue weighted by Crippen LogP contribution is -2.18. The molecule has 0 spiro atoms. The highest BCUT2D eigenvalue weighted by atomic mass is 28.2. The molecule has 0 unspecified atom stereocenters. The molecular formula is C10H20OSi. The fraction of sp³-hybridized carbons (Fsp3) is 1.00. The highest BCUT2D eigenvalue weighted by Crippen LogP contribution is 2.29. The summed E-state index contributed by atoms with van der Waals surface area (Å²) in [7, 11) is 1.17. The zero-order valence-electron chi connectivity index (χ0n) is 8.05. The summed E-state index contributed by atoms with van der Waals surface area (Å²) < 4.78 is 0. The van der Waals surface area contributed by atoms with Crippen molar-refractivity contribution in [1.29, 1.82) is 0 Å². The van der Waals surface area contributed by atoms with Crippen molar-refractivity contribution in [1.82, 2.24) is 0 Å². The predicted molar refractivity (Wildman–Crippen MR) is 53.7 cm³/mol. The molecule has 0 atom stereocenters. The third kappa shape index (κ3) is 3.72. The summed E-state index contributed by atoms with van der Waals surface area (Å²) in [6.07, 6.45) is 7.44. The molecule has 1 aliphatic carbocycles. The van der Waals surface area contributed by atoms with Crippen molar-refractivity contribution in [3.63, 3.8) is 0 Å². The minimum atomic E-state index is 0.0252. The van der Waals surface area contributed by atoms with E-state index in [9.17, 15) is 5.11 Å². The zero-order chi connectivity index (χ0) is 8.81. The van der Waals surface area contributed by atoms with E-state index in [-0.39, 0.29) is 6.10 Å². The van der Waals surface area contributed by atoms with E-state index in [1.165, 1.54) is 41.2 Å². The Morgan fingerprint density at radius 3 is 2.50 bits per heavy atom. The van der Waals surface area contributed by atoms with E-state index in [1.54, 1.807) is 0 Å². The maximum Gasteiger partial charge on any atom is 0.0540 e. The molecule has 0 aromatic carbocycles. The largest absolute Gasteiger partial charge is 0.393 e. The Morgan fingerprint density at radius 1 is 1.25 bits per heavy atom. The van der Waals surface area contributed by atoms with Crippen molar-refractivity contribution >= 4 is 9.52 Å². The molecule has 2 heteroatoms. The predicted octanol–water partition coefficient (Wildman–Crippen LogP) is 2.63. The average Bonchev–Trinajstić information content (AvgIpc) is 2.09. The van der Waals surface area contributed by atoms with Gasteiger partial charge in [-0.15, -0.1) is 0 Å². The van der Waals surface area contributed by atoms with Crippen molar-refractivity contribution in [3.05, 3.63) is 0 Å². The summed E-state index contributed by atoms with van der Waals surface area (Å²) >= 11 is 0. The van der Waals surface area contributed by atoms with Gasteiger partial charge in [0.15, 0.2) is 0 Å². The van der Waals surface area contributed by atoms with Crippen LogP contribution in [0, 0.1) is 0 Å². The lowest BCUT2D eigenvalue weighted by molar-refractivity contribution is 0.130. The SMILES string of the molecule is CCCC[Si]C1CCC(O)CC1. The molecule has 70 valence electrons. The number of rotatable bonds is 4. The molecule has 0 aromatic rings. The molecule has 1 nitrogen and oxygen atoms in total. The Kier molecular flexibility index (Phi) is 4.92. The van der Waals surface area contributed by atoms with Gasteiger partial charge in [-0.3, -0.25) is 0 Å². The van der Waals surface area contributed by atoms with Crippen LogP contribution in [0.2, 0.25) is 11.6 Å². The molecule has 1 rings (SSSR count). The summed E-state index contributed by atoms with van der Waals surface area (Å²) in [6.45, 7) is 2.26. The van der Waals surface area contributed by atoms with E-state index in [0.717, 1.165) is 18.4 Å². The van der Waals surface area contributed by atoms with E-state index >= 15 is 0 Å². The Bertz CT molecular complexity index is 108. The summed E-state index contributed by atoms with van der Waals surface area (Å²) in [5.41, 5.74) is 0.958. The van der Waals surface area contributed by atoms with Gasteiger partial charge in [0.25, 0.3) is 0 Å². The van der Waals surface area contributed by atoms with Crippen molar-refractivity contribution in [2.75, 3.05) is 0 Å². The van der Waals surface area contributed by atoms with E-state index in [4.69, 9.17) is 0 Å². The van der Waals surface area contributed by atoms with Crippen molar-refractivity contribution < 1.29 is 5.11 Å². The quantitative estimate of drug-likeness (QED) is 0.526. The van der Waals surface area contributed by atoms with Crippen LogP contribution >= 0.6 is 0 Å². The molecule has 1 saturated carbocycles. The number of unbranched alkanes of at least 4 members (excludes halogenated alkanes) is 1. The molecule has 1 aliphatic rings. The highest BCUT2D eigenvalue weighted by molar-refractivity contribution is 6.37.